The molecule has 1 aromatic heterocycles. The fourth-order valence-corrected chi connectivity index (χ4v) is 3.10. The summed E-state index contributed by atoms with van der Waals surface area (Å²) in [5, 5.41) is 12.9. The van der Waals surface area contributed by atoms with Crippen molar-refractivity contribution in [2.75, 3.05) is 37.1 Å². The maximum atomic E-state index is 12.5. The van der Waals surface area contributed by atoms with Crippen LogP contribution in [0.3, 0.4) is 0 Å². The number of ether oxygens (including phenoxy) is 3. The van der Waals surface area contributed by atoms with Crippen molar-refractivity contribution in [2.45, 2.75) is 20.0 Å². The van der Waals surface area contributed by atoms with Gasteiger partial charge in [-0.05, 0) is 44.2 Å². The van der Waals surface area contributed by atoms with Crippen molar-refractivity contribution in [3.8, 4) is 5.75 Å². The van der Waals surface area contributed by atoms with Gasteiger partial charge in [-0.3, -0.25) is 5.41 Å². The van der Waals surface area contributed by atoms with Crippen molar-refractivity contribution < 1.29 is 28.2 Å². The summed E-state index contributed by atoms with van der Waals surface area (Å²) in [4.78, 5) is 26.1. The number of rotatable bonds is 6. The third kappa shape index (κ3) is 4.82. The topological polar surface area (TPSA) is 129 Å². The van der Waals surface area contributed by atoms with Gasteiger partial charge in [-0.25, -0.2) is 20.0 Å². The number of anilines is 2. The molecule has 1 atom stereocenters. The second-order valence-corrected chi connectivity index (χ2v) is 6.38. The van der Waals surface area contributed by atoms with Crippen LogP contribution in [0.5, 0.6) is 5.75 Å². The second kappa shape index (κ2) is 9.74. The Labute approximate surface area is 179 Å². The molecular weight excluding hydrogens is 406 g/mol. The molecule has 11 nitrogen and oxygen atoms in total. The Bertz CT molecular complexity index is 928. The highest BCUT2D eigenvalue weighted by atomic mass is 16.6. The van der Waals surface area contributed by atoms with E-state index in [9.17, 15) is 9.59 Å². The van der Waals surface area contributed by atoms with Gasteiger partial charge < -0.3 is 28.8 Å². The predicted molar refractivity (Wildman–Crippen MR) is 112 cm³/mol. The molecule has 2 heterocycles. The third-order valence-electron chi connectivity index (χ3n) is 4.47. The molecule has 1 aliphatic heterocycles. The van der Waals surface area contributed by atoms with Crippen LogP contribution in [-0.2, 0) is 9.47 Å². The first-order valence-electron chi connectivity index (χ1n) is 9.72. The fraction of sp³-hybridized carbons (Fsp3) is 0.350. The number of methoxy groups -OCH3 is 1. The smallest absolute Gasteiger partial charge is 0.428 e. The lowest BCUT2D eigenvalue weighted by molar-refractivity contribution is 0.0727. The van der Waals surface area contributed by atoms with Gasteiger partial charge in [0.1, 0.15) is 17.8 Å². The van der Waals surface area contributed by atoms with E-state index >= 15 is 0 Å². The highest BCUT2D eigenvalue weighted by molar-refractivity contribution is 6.12. The van der Waals surface area contributed by atoms with E-state index in [0.29, 0.717) is 22.9 Å². The minimum atomic E-state index is -0.795. The molecule has 166 valence electrons. The maximum absolute atomic E-state index is 12.5. The Hall–Kier alpha value is -3.89. The molecule has 1 unspecified atom stereocenters. The zero-order valence-corrected chi connectivity index (χ0v) is 17.5. The number of benzene rings is 1. The first-order valence-corrected chi connectivity index (χ1v) is 9.72. The average molecular weight is 431 g/mol. The Balaban J connectivity index is 1.92. The van der Waals surface area contributed by atoms with Crippen molar-refractivity contribution in [1.82, 2.24) is 10.4 Å². The van der Waals surface area contributed by atoms with Crippen molar-refractivity contribution in [2.24, 2.45) is 0 Å². The van der Waals surface area contributed by atoms with Crippen LogP contribution in [-0.4, -0.2) is 56.1 Å². The highest BCUT2D eigenvalue weighted by Gasteiger charge is 2.35. The summed E-state index contributed by atoms with van der Waals surface area (Å²) in [6, 6.07) is 8.80. The molecule has 0 radical (unpaired) electrons. The maximum Gasteiger partial charge on any atom is 0.428 e. The van der Waals surface area contributed by atoms with Gasteiger partial charge in [0.15, 0.2) is 0 Å². The summed E-state index contributed by atoms with van der Waals surface area (Å²) in [7, 11) is 1.57. The van der Waals surface area contributed by atoms with Gasteiger partial charge in [0, 0.05) is 5.69 Å². The number of hydrogen-bond donors (Lipinski definition) is 3. The average Bonchev–Trinajstić information content (AvgIpc) is 3.23. The van der Waals surface area contributed by atoms with Crippen molar-refractivity contribution in [3.05, 3.63) is 42.2 Å². The number of furan rings is 1. The molecule has 3 rings (SSSR count). The van der Waals surface area contributed by atoms with E-state index in [-0.39, 0.29) is 25.6 Å². The van der Waals surface area contributed by atoms with Crippen LogP contribution < -0.4 is 20.4 Å². The summed E-state index contributed by atoms with van der Waals surface area (Å²) in [5.41, 5.74) is 3.62. The number of amidine groups is 1. The molecule has 0 spiro atoms. The second-order valence-electron chi connectivity index (χ2n) is 6.38. The van der Waals surface area contributed by atoms with Crippen LogP contribution in [0.15, 0.2) is 41.0 Å². The van der Waals surface area contributed by atoms with Gasteiger partial charge in [-0.2, -0.15) is 0 Å². The normalized spacial score (nSPS) is 14.9. The monoisotopic (exact) mass is 431 g/mol. The molecule has 2 amide bonds. The van der Waals surface area contributed by atoms with E-state index in [2.05, 4.69) is 10.7 Å². The van der Waals surface area contributed by atoms with E-state index in [1.165, 1.54) is 6.26 Å². The van der Waals surface area contributed by atoms with E-state index in [4.69, 9.17) is 24.0 Å². The molecule has 1 aliphatic rings. The molecule has 2 aromatic rings. The molecule has 0 saturated heterocycles. The molecule has 0 saturated carbocycles. The lowest BCUT2D eigenvalue weighted by Gasteiger charge is -2.39. The summed E-state index contributed by atoms with van der Waals surface area (Å²) in [6.07, 6.45) is -0.744. The summed E-state index contributed by atoms with van der Waals surface area (Å²) < 4.78 is 20.6. The lowest BCUT2D eigenvalue weighted by Crippen LogP contribution is -2.58. The van der Waals surface area contributed by atoms with Crippen molar-refractivity contribution in [3.63, 3.8) is 0 Å². The molecule has 0 fully saturated rings. The Morgan fingerprint density at radius 1 is 1.19 bits per heavy atom. The van der Waals surface area contributed by atoms with Gasteiger partial charge in [0.2, 0.25) is 5.88 Å². The zero-order chi connectivity index (χ0) is 22.4. The van der Waals surface area contributed by atoms with Crippen LogP contribution >= 0.6 is 0 Å². The van der Waals surface area contributed by atoms with E-state index in [1.54, 1.807) is 56.2 Å². The van der Waals surface area contributed by atoms with Gasteiger partial charge >= 0.3 is 12.2 Å². The molecule has 11 heteroatoms. The Morgan fingerprint density at radius 3 is 2.55 bits per heavy atom. The number of fused-ring (bicyclic) bond motifs is 1. The number of nitrogens with one attached hydrogen (secondary N) is 3. The molecular formula is C20H25N5O6. The minimum absolute atomic E-state index is 0.0772. The molecule has 1 aromatic carbocycles. The van der Waals surface area contributed by atoms with E-state index in [0.717, 1.165) is 5.01 Å². The first kappa shape index (κ1) is 21.8. The number of hydrogen-bond acceptors (Lipinski definition) is 8. The lowest BCUT2D eigenvalue weighted by atomic mass is 10.1. The summed E-state index contributed by atoms with van der Waals surface area (Å²) in [6.45, 7) is 3.50. The fourth-order valence-electron chi connectivity index (χ4n) is 3.10. The standard InChI is InChI=1S/C20H25N5O6/c1-4-29-19(26)23-24(20(27)30-5-2)12-16-22-18-15(10-11-31-18)17(21)25(16)13-6-8-14(28-3)9-7-13/h6-11,16,21-22H,4-5,12H2,1-3H3,(H,23,26). The number of carbonyl (C=O) groups is 2. The van der Waals surface area contributed by atoms with Crippen LogP contribution in [0.4, 0.5) is 21.2 Å². The summed E-state index contributed by atoms with van der Waals surface area (Å²) >= 11 is 0. The van der Waals surface area contributed by atoms with E-state index in [1.807, 2.05) is 0 Å². The number of nitrogens with zero attached hydrogens (tertiary/aromatic N) is 2. The molecule has 3 N–H and O–H groups in total. The largest absolute Gasteiger partial charge is 0.497 e. The van der Waals surface area contributed by atoms with Crippen molar-refractivity contribution in [1.29, 1.82) is 5.41 Å². The Kier molecular flexibility index (Phi) is 6.85. The molecule has 31 heavy (non-hydrogen) atoms. The number of hydrazine groups is 1. The van der Waals surface area contributed by atoms with Gasteiger partial charge in [-0.1, -0.05) is 0 Å². The molecule has 0 aliphatic carbocycles. The van der Waals surface area contributed by atoms with Crippen molar-refractivity contribution >= 4 is 29.6 Å². The quantitative estimate of drug-likeness (QED) is 0.595. The SMILES string of the molecule is CCOC(=O)NN(CC1Nc2occc2C(=N)N1c1ccc(OC)cc1)C(=O)OCC. The van der Waals surface area contributed by atoms with Crippen LogP contribution in [0.2, 0.25) is 0 Å². The van der Waals surface area contributed by atoms with Crippen LogP contribution in [0.1, 0.15) is 19.4 Å². The Morgan fingerprint density at radius 2 is 1.90 bits per heavy atom. The predicted octanol–water partition coefficient (Wildman–Crippen LogP) is 2.99. The highest BCUT2D eigenvalue weighted by Crippen LogP contribution is 2.31. The number of amides is 2. The van der Waals surface area contributed by atoms with Crippen LogP contribution in [0.25, 0.3) is 0 Å². The molecule has 0 bridgehead atoms. The van der Waals surface area contributed by atoms with Gasteiger partial charge in [0.25, 0.3) is 0 Å². The first-order chi connectivity index (χ1) is 15.0. The van der Waals surface area contributed by atoms with Crippen LogP contribution in [0, 0.1) is 5.41 Å². The van der Waals surface area contributed by atoms with E-state index < -0.39 is 18.4 Å². The van der Waals surface area contributed by atoms with Gasteiger partial charge in [0.05, 0.1) is 38.7 Å². The number of carbonyl (C=O) groups excluding carboxylic acids is 2. The summed E-state index contributed by atoms with van der Waals surface area (Å²) in [5.74, 6) is 1.22. The zero-order valence-electron chi connectivity index (χ0n) is 17.5. The minimum Gasteiger partial charge on any atom is -0.497 e. The van der Waals surface area contributed by atoms with Gasteiger partial charge in [-0.15, -0.1) is 0 Å². The third-order valence-corrected chi connectivity index (χ3v) is 4.47.